The Bertz CT molecular complexity index is 631. The number of hydrogen-bond acceptors (Lipinski definition) is 3. The third-order valence-electron chi connectivity index (χ3n) is 4.87. The molecule has 0 radical (unpaired) electrons. The molecule has 0 amide bonds. The highest BCUT2D eigenvalue weighted by Gasteiger charge is 2.53. The van der Waals surface area contributed by atoms with Crippen molar-refractivity contribution in [3.8, 4) is 6.07 Å². The van der Waals surface area contributed by atoms with Crippen LogP contribution in [0.15, 0.2) is 0 Å². The van der Waals surface area contributed by atoms with Crippen LogP contribution in [0.2, 0.25) is 0 Å². The average molecular weight is 289 g/mol. The average Bonchev–Trinajstić information content (AvgIpc) is 2.59. The maximum Gasteiger partial charge on any atom is 0.496 e. The largest absolute Gasteiger partial charge is 0.496 e. The Morgan fingerprint density at radius 1 is 0.952 bits per heavy atom. The Balaban J connectivity index is 2.65. The molecule has 0 bridgehead atoms. The molecule has 1 aliphatic rings. The van der Waals surface area contributed by atoms with Crippen LogP contribution in [0.25, 0.3) is 0 Å². The van der Waals surface area contributed by atoms with Crippen LogP contribution in [0, 0.1) is 37.9 Å². The molecule has 0 spiro atoms. The van der Waals surface area contributed by atoms with Gasteiger partial charge in [-0.2, -0.15) is 5.26 Å². The Kier molecular flexibility index (Phi) is 3.68. The van der Waals surface area contributed by atoms with Gasteiger partial charge in [-0.3, -0.25) is 0 Å². The molecule has 112 valence electrons. The molecule has 2 rings (SSSR count). The van der Waals surface area contributed by atoms with Gasteiger partial charge in [-0.15, -0.1) is 0 Å². The van der Waals surface area contributed by atoms with Gasteiger partial charge < -0.3 is 9.31 Å². The molecule has 0 aromatic heterocycles. The molecule has 0 atom stereocenters. The van der Waals surface area contributed by atoms with Gasteiger partial charge in [0.05, 0.1) is 22.8 Å². The quantitative estimate of drug-likeness (QED) is 0.746. The number of halogens is 1. The van der Waals surface area contributed by atoms with Gasteiger partial charge in [-0.1, -0.05) is 0 Å². The third-order valence-corrected chi connectivity index (χ3v) is 4.87. The SMILES string of the molecule is Cc1c(C)c(C#N)c(B2OC(C)(C)C(C)(C)O2)c(C)c1F. The summed E-state index contributed by atoms with van der Waals surface area (Å²) in [6, 6.07) is 2.18. The van der Waals surface area contributed by atoms with Crippen molar-refractivity contribution in [1.82, 2.24) is 0 Å². The van der Waals surface area contributed by atoms with Crippen LogP contribution in [-0.4, -0.2) is 18.3 Å². The van der Waals surface area contributed by atoms with Gasteiger partial charge in [0.2, 0.25) is 0 Å². The van der Waals surface area contributed by atoms with E-state index in [9.17, 15) is 9.65 Å². The molecule has 1 heterocycles. The second-order valence-corrected chi connectivity index (χ2v) is 6.68. The second-order valence-electron chi connectivity index (χ2n) is 6.68. The van der Waals surface area contributed by atoms with E-state index in [1.807, 2.05) is 27.7 Å². The molecule has 1 fully saturated rings. The van der Waals surface area contributed by atoms with Crippen LogP contribution in [0.4, 0.5) is 4.39 Å². The molecule has 5 heteroatoms. The summed E-state index contributed by atoms with van der Waals surface area (Å²) in [7, 11) is -0.724. The summed E-state index contributed by atoms with van der Waals surface area (Å²) in [6.07, 6.45) is 0. The Hall–Kier alpha value is -1.38. The molecule has 1 aliphatic heterocycles. The zero-order chi connectivity index (χ0) is 16.2. The molecule has 0 saturated carbocycles. The van der Waals surface area contributed by atoms with Crippen molar-refractivity contribution >= 4 is 12.6 Å². The van der Waals surface area contributed by atoms with E-state index in [4.69, 9.17) is 9.31 Å². The maximum atomic E-state index is 14.4. The summed E-state index contributed by atoms with van der Waals surface area (Å²) >= 11 is 0. The zero-order valence-corrected chi connectivity index (χ0v) is 13.7. The number of rotatable bonds is 1. The summed E-state index contributed by atoms with van der Waals surface area (Å²) in [5.41, 5.74) is 1.49. The number of benzene rings is 1. The lowest BCUT2D eigenvalue weighted by molar-refractivity contribution is 0.00578. The van der Waals surface area contributed by atoms with Crippen molar-refractivity contribution in [2.45, 2.75) is 59.7 Å². The molecular weight excluding hydrogens is 268 g/mol. The lowest BCUT2D eigenvalue weighted by Crippen LogP contribution is -2.41. The third kappa shape index (κ3) is 2.27. The predicted octanol–water partition coefficient (Wildman–Crippen LogP) is 2.92. The van der Waals surface area contributed by atoms with Crippen LogP contribution in [-0.2, 0) is 9.31 Å². The van der Waals surface area contributed by atoms with Gasteiger partial charge in [0.15, 0.2) is 0 Å². The van der Waals surface area contributed by atoms with Crippen molar-refractivity contribution in [3.05, 3.63) is 28.1 Å². The van der Waals surface area contributed by atoms with Crippen LogP contribution in [0.5, 0.6) is 0 Å². The van der Waals surface area contributed by atoms with E-state index in [0.29, 0.717) is 27.7 Å². The van der Waals surface area contributed by atoms with E-state index >= 15 is 0 Å². The zero-order valence-electron chi connectivity index (χ0n) is 13.7. The van der Waals surface area contributed by atoms with Gasteiger partial charge in [0, 0.05) is 5.46 Å². The first-order valence-electron chi connectivity index (χ1n) is 7.08. The van der Waals surface area contributed by atoms with Crippen LogP contribution in [0.1, 0.15) is 49.9 Å². The van der Waals surface area contributed by atoms with Gasteiger partial charge in [0.25, 0.3) is 0 Å². The van der Waals surface area contributed by atoms with E-state index in [-0.39, 0.29) is 5.82 Å². The minimum Gasteiger partial charge on any atom is -0.399 e. The molecule has 3 nitrogen and oxygen atoms in total. The van der Waals surface area contributed by atoms with Crippen molar-refractivity contribution in [2.24, 2.45) is 0 Å². The van der Waals surface area contributed by atoms with E-state index in [1.54, 1.807) is 20.8 Å². The fraction of sp³-hybridized carbons (Fsp3) is 0.562. The molecule has 0 unspecified atom stereocenters. The normalized spacial score (nSPS) is 19.7. The Labute approximate surface area is 126 Å². The number of nitriles is 1. The molecule has 0 aliphatic carbocycles. The minimum absolute atomic E-state index is 0.295. The monoisotopic (exact) mass is 289 g/mol. The van der Waals surface area contributed by atoms with Crippen molar-refractivity contribution in [2.75, 3.05) is 0 Å². The molecule has 0 N–H and O–H groups in total. The lowest BCUT2D eigenvalue weighted by atomic mass is 9.71. The minimum atomic E-state index is -0.724. The topological polar surface area (TPSA) is 42.2 Å². The fourth-order valence-corrected chi connectivity index (χ4v) is 2.54. The molecule has 1 aromatic rings. The first kappa shape index (κ1) is 16.0. The Morgan fingerprint density at radius 2 is 1.43 bits per heavy atom. The fourth-order valence-electron chi connectivity index (χ4n) is 2.54. The van der Waals surface area contributed by atoms with Crippen LogP contribution in [0.3, 0.4) is 0 Å². The van der Waals surface area contributed by atoms with Gasteiger partial charge in [0.1, 0.15) is 5.82 Å². The highest BCUT2D eigenvalue weighted by molar-refractivity contribution is 6.63. The first-order valence-corrected chi connectivity index (χ1v) is 7.08. The summed E-state index contributed by atoms with van der Waals surface area (Å²) in [5.74, 6) is -0.295. The van der Waals surface area contributed by atoms with Crippen LogP contribution >= 0.6 is 0 Å². The number of hydrogen-bond donors (Lipinski definition) is 0. The van der Waals surface area contributed by atoms with Gasteiger partial charge in [-0.25, -0.2) is 4.39 Å². The number of nitrogens with zero attached hydrogens (tertiary/aromatic N) is 1. The molecular formula is C16H21BFNO2. The van der Waals surface area contributed by atoms with E-state index in [0.717, 1.165) is 0 Å². The van der Waals surface area contributed by atoms with E-state index < -0.39 is 18.3 Å². The van der Waals surface area contributed by atoms with Gasteiger partial charge >= 0.3 is 7.12 Å². The van der Waals surface area contributed by atoms with Crippen LogP contribution < -0.4 is 5.46 Å². The lowest BCUT2D eigenvalue weighted by Gasteiger charge is -2.32. The molecule has 1 aromatic carbocycles. The van der Waals surface area contributed by atoms with Crippen molar-refractivity contribution in [3.63, 3.8) is 0 Å². The Morgan fingerprint density at radius 3 is 1.86 bits per heavy atom. The second kappa shape index (κ2) is 4.83. The molecule has 1 saturated heterocycles. The van der Waals surface area contributed by atoms with Gasteiger partial charge in [-0.05, 0) is 65.2 Å². The van der Waals surface area contributed by atoms with E-state index in [1.165, 1.54) is 0 Å². The molecule has 21 heavy (non-hydrogen) atoms. The summed E-state index contributed by atoms with van der Waals surface area (Å²) in [6.45, 7) is 12.9. The summed E-state index contributed by atoms with van der Waals surface area (Å²) < 4.78 is 26.4. The highest BCUT2D eigenvalue weighted by atomic mass is 19.1. The van der Waals surface area contributed by atoms with Crippen molar-refractivity contribution < 1.29 is 13.7 Å². The summed E-state index contributed by atoms with van der Waals surface area (Å²) in [4.78, 5) is 0. The maximum absolute atomic E-state index is 14.4. The van der Waals surface area contributed by atoms with E-state index in [2.05, 4.69) is 6.07 Å². The van der Waals surface area contributed by atoms with Crippen molar-refractivity contribution in [1.29, 1.82) is 5.26 Å². The standard InChI is InChI=1S/C16H21BFNO2/c1-9-10(2)14(18)11(3)13(12(9)8-19)17-20-15(4,5)16(6,7)21-17/h1-7H3. The predicted molar refractivity (Wildman–Crippen MR) is 81.0 cm³/mol. The summed E-state index contributed by atoms with van der Waals surface area (Å²) in [5, 5.41) is 9.48. The smallest absolute Gasteiger partial charge is 0.399 e. The highest BCUT2D eigenvalue weighted by Crippen LogP contribution is 2.37. The first-order chi connectivity index (χ1) is 9.53.